The number of thiophene rings is 1. The van der Waals surface area contributed by atoms with Crippen molar-refractivity contribution in [1.29, 1.82) is 0 Å². The highest BCUT2D eigenvalue weighted by Gasteiger charge is 2.27. The molecule has 0 radical (unpaired) electrons. The summed E-state index contributed by atoms with van der Waals surface area (Å²) < 4.78 is 0. The predicted molar refractivity (Wildman–Crippen MR) is 122 cm³/mol. The molecule has 5 nitrogen and oxygen atoms in total. The van der Waals surface area contributed by atoms with Crippen LogP contribution in [0.15, 0.2) is 36.7 Å². The van der Waals surface area contributed by atoms with E-state index in [4.69, 9.17) is 0 Å². The van der Waals surface area contributed by atoms with Gasteiger partial charge in [0.2, 0.25) is 0 Å². The summed E-state index contributed by atoms with van der Waals surface area (Å²) in [6, 6.07) is 9.83. The molecular formula is C23H30N4OS. The Hall–Kier alpha value is -2.47. The van der Waals surface area contributed by atoms with Gasteiger partial charge in [0.05, 0.1) is 5.39 Å². The van der Waals surface area contributed by atoms with Crippen LogP contribution < -0.4 is 10.6 Å². The molecule has 2 heterocycles. The van der Waals surface area contributed by atoms with E-state index in [1.807, 2.05) is 24.3 Å². The molecule has 0 saturated carbocycles. The van der Waals surface area contributed by atoms with Crippen LogP contribution in [0.5, 0.6) is 0 Å². The van der Waals surface area contributed by atoms with Gasteiger partial charge in [-0.25, -0.2) is 9.97 Å². The number of fused-ring (bicyclic) bond motifs is 1. The predicted octanol–water partition coefficient (Wildman–Crippen LogP) is 5.56. The lowest BCUT2D eigenvalue weighted by atomic mass is 9.81. The molecule has 0 bridgehead atoms. The molecule has 0 spiro atoms. The molecule has 6 heteroatoms. The fraction of sp³-hybridized carbons (Fsp3) is 0.435. The topological polar surface area (TPSA) is 66.9 Å². The van der Waals surface area contributed by atoms with E-state index < -0.39 is 0 Å². The van der Waals surface area contributed by atoms with E-state index in [-0.39, 0.29) is 16.9 Å². The minimum Gasteiger partial charge on any atom is -0.365 e. The van der Waals surface area contributed by atoms with Crippen LogP contribution in [0.2, 0.25) is 0 Å². The summed E-state index contributed by atoms with van der Waals surface area (Å²) in [5.74, 6) is 0.801. The quantitative estimate of drug-likeness (QED) is 0.558. The third-order valence-corrected chi connectivity index (χ3v) is 5.51. The van der Waals surface area contributed by atoms with E-state index in [1.54, 1.807) is 17.7 Å². The molecule has 154 valence electrons. The van der Waals surface area contributed by atoms with Crippen LogP contribution in [-0.4, -0.2) is 21.4 Å². The van der Waals surface area contributed by atoms with Gasteiger partial charge in [-0.1, -0.05) is 32.9 Å². The zero-order valence-corrected chi connectivity index (χ0v) is 18.9. The Balaban J connectivity index is 1.63. The Kier molecular flexibility index (Phi) is 5.94. The number of rotatable bonds is 6. The standard InChI is InChI=1S/C23H30N4OS/c1-15-11-18-19(25-14-26-21(18)29-15)24-12-16-7-9-17(10-8-16)20(28)27-23(5,6)13-22(2,3)4/h7-11,14H,12-13H2,1-6H3,(H,27,28)(H,24,25,26). The minimum atomic E-state index is -0.257. The van der Waals surface area contributed by atoms with Crippen molar-refractivity contribution < 1.29 is 4.79 Å². The molecule has 3 aromatic rings. The summed E-state index contributed by atoms with van der Waals surface area (Å²) in [6.45, 7) is 13.4. The van der Waals surface area contributed by atoms with Crippen molar-refractivity contribution >= 4 is 33.3 Å². The highest BCUT2D eigenvalue weighted by Crippen LogP contribution is 2.28. The van der Waals surface area contributed by atoms with Crippen LogP contribution in [0.1, 0.15) is 61.8 Å². The monoisotopic (exact) mass is 410 g/mol. The number of nitrogens with zero attached hydrogens (tertiary/aromatic N) is 2. The van der Waals surface area contributed by atoms with Gasteiger partial charge in [0.15, 0.2) is 0 Å². The largest absolute Gasteiger partial charge is 0.365 e. The van der Waals surface area contributed by atoms with Gasteiger partial charge < -0.3 is 10.6 Å². The Bertz CT molecular complexity index is 1000. The number of amides is 1. The molecule has 0 aliphatic heterocycles. The molecule has 0 fully saturated rings. The molecule has 0 unspecified atom stereocenters. The number of carbonyl (C=O) groups excluding carboxylic acids is 1. The second-order valence-electron chi connectivity index (χ2n) is 9.42. The Morgan fingerprint density at radius 3 is 2.41 bits per heavy atom. The van der Waals surface area contributed by atoms with Crippen LogP contribution in [0.3, 0.4) is 0 Å². The fourth-order valence-electron chi connectivity index (χ4n) is 3.83. The normalized spacial score (nSPS) is 12.2. The molecule has 2 N–H and O–H groups in total. The summed E-state index contributed by atoms with van der Waals surface area (Å²) in [6.07, 6.45) is 2.50. The van der Waals surface area contributed by atoms with Crippen LogP contribution in [0, 0.1) is 12.3 Å². The van der Waals surface area contributed by atoms with Gasteiger partial charge in [-0.15, -0.1) is 11.3 Å². The molecule has 0 aliphatic carbocycles. The van der Waals surface area contributed by atoms with E-state index in [0.29, 0.717) is 12.1 Å². The summed E-state index contributed by atoms with van der Waals surface area (Å²) in [7, 11) is 0. The molecule has 29 heavy (non-hydrogen) atoms. The van der Waals surface area contributed by atoms with Crippen molar-refractivity contribution in [3.63, 3.8) is 0 Å². The number of hydrogen-bond acceptors (Lipinski definition) is 5. The maximum atomic E-state index is 12.6. The number of aryl methyl sites for hydroxylation is 1. The van der Waals surface area contributed by atoms with Gasteiger partial charge in [-0.3, -0.25) is 4.79 Å². The van der Waals surface area contributed by atoms with Crippen molar-refractivity contribution in [1.82, 2.24) is 15.3 Å². The first-order valence-electron chi connectivity index (χ1n) is 9.89. The van der Waals surface area contributed by atoms with E-state index in [2.05, 4.69) is 68.2 Å². The molecule has 0 atom stereocenters. The molecular weight excluding hydrogens is 380 g/mol. The first kappa shape index (κ1) is 21.2. The second kappa shape index (κ2) is 8.11. The van der Waals surface area contributed by atoms with Gasteiger partial charge in [0, 0.05) is 22.5 Å². The van der Waals surface area contributed by atoms with Crippen LogP contribution in [0.25, 0.3) is 10.2 Å². The number of aromatic nitrogens is 2. The maximum Gasteiger partial charge on any atom is 0.251 e. The van der Waals surface area contributed by atoms with Gasteiger partial charge >= 0.3 is 0 Å². The van der Waals surface area contributed by atoms with Crippen molar-refractivity contribution in [3.8, 4) is 0 Å². The Morgan fingerprint density at radius 1 is 1.07 bits per heavy atom. The average Bonchev–Trinajstić information content (AvgIpc) is 2.98. The lowest BCUT2D eigenvalue weighted by Gasteiger charge is -2.33. The zero-order chi connectivity index (χ0) is 21.2. The smallest absolute Gasteiger partial charge is 0.251 e. The van der Waals surface area contributed by atoms with Crippen molar-refractivity contribution in [2.24, 2.45) is 5.41 Å². The average molecular weight is 411 g/mol. The minimum absolute atomic E-state index is 0.0370. The van der Waals surface area contributed by atoms with Gasteiger partial charge in [-0.2, -0.15) is 0 Å². The van der Waals surface area contributed by atoms with E-state index in [0.717, 1.165) is 28.0 Å². The third-order valence-electron chi connectivity index (χ3n) is 4.55. The lowest BCUT2D eigenvalue weighted by Crippen LogP contribution is -2.45. The second-order valence-corrected chi connectivity index (χ2v) is 10.7. The maximum absolute atomic E-state index is 12.6. The number of nitrogens with one attached hydrogen (secondary N) is 2. The molecule has 0 aliphatic rings. The summed E-state index contributed by atoms with van der Waals surface area (Å²) >= 11 is 1.67. The van der Waals surface area contributed by atoms with Crippen LogP contribution in [-0.2, 0) is 6.54 Å². The van der Waals surface area contributed by atoms with Gasteiger partial charge in [0.25, 0.3) is 5.91 Å². The number of hydrogen-bond donors (Lipinski definition) is 2. The first-order chi connectivity index (χ1) is 13.5. The highest BCUT2D eigenvalue weighted by atomic mass is 32.1. The number of anilines is 1. The molecule has 0 saturated heterocycles. The Labute approximate surface area is 177 Å². The summed E-state index contributed by atoms with van der Waals surface area (Å²) in [5.41, 5.74) is 1.66. The molecule has 3 rings (SSSR count). The van der Waals surface area contributed by atoms with Gasteiger partial charge in [-0.05, 0) is 56.4 Å². The van der Waals surface area contributed by atoms with Gasteiger partial charge in [0.1, 0.15) is 17.0 Å². The van der Waals surface area contributed by atoms with E-state index in [1.165, 1.54) is 4.88 Å². The molecule has 2 aromatic heterocycles. The molecule has 1 aromatic carbocycles. The van der Waals surface area contributed by atoms with Crippen molar-refractivity contribution in [2.75, 3.05) is 5.32 Å². The van der Waals surface area contributed by atoms with Crippen LogP contribution in [0.4, 0.5) is 5.82 Å². The SMILES string of the molecule is Cc1cc2c(NCc3ccc(C(=O)NC(C)(C)CC(C)(C)C)cc3)ncnc2s1. The molecule has 1 amide bonds. The Morgan fingerprint density at radius 2 is 1.76 bits per heavy atom. The number of carbonyl (C=O) groups is 1. The fourth-order valence-corrected chi connectivity index (χ4v) is 4.67. The van der Waals surface area contributed by atoms with E-state index in [9.17, 15) is 4.79 Å². The number of benzene rings is 1. The highest BCUT2D eigenvalue weighted by molar-refractivity contribution is 7.18. The van der Waals surface area contributed by atoms with Crippen molar-refractivity contribution in [3.05, 3.63) is 52.7 Å². The van der Waals surface area contributed by atoms with E-state index >= 15 is 0 Å². The van der Waals surface area contributed by atoms with Crippen LogP contribution >= 0.6 is 11.3 Å². The summed E-state index contributed by atoms with van der Waals surface area (Å²) in [5, 5.41) is 7.59. The first-order valence-corrected chi connectivity index (χ1v) is 10.7. The van der Waals surface area contributed by atoms with Crippen molar-refractivity contribution in [2.45, 2.75) is 60.0 Å². The zero-order valence-electron chi connectivity index (χ0n) is 18.1. The third kappa shape index (κ3) is 5.76. The summed E-state index contributed by atoms with van der Waals surface area (Å²) in [4.78, 5) is 23.5. The lowest BCUT2D eigenvalue weighted by molar-refractivity contribution is 0.0891.